The number of rotatable bonds is 7. The molecule has 1 atom stereocenters. The molecule has 0 aromatic heterocycles. The average molecular weight is 302 g/mol. The lowest BCUT2D eigenvalue weighted by Crippen LogP contribution is -2.35. The number of carbonyl (C=O) groups is 1. The second kappa shape index (κ2) is 6.69. The summed E-state index contributed by atoms with van der Waals surface area (Å²) >= 11 is 0. The quantitative estimate of drug-likeness (QED) is 0.686. The first kappa shape index (κ1) is 16.4. The van der Waals surface area contributed by atoms with Crippen LogP contribution >= 0.6 is 0 Å². The molecule has 0 saturated carbocycles. The maximum Gasteiger partial charge on any atom is 0.337 e. The summed E-state index contributed by atoms with van der Waals surface area (Å²) in [6.07, 6.45) is 0. The Kier molecular flexibility index (Phi) is 5.49. The molecule has 1 aromatic rings. The molecule has 112 valence electrons. The fourth-order valence-corrected chi connectivity index (χ4v) is 2.96. The molecule has 3 N–H and O–H groups in total. The SMILES string of the molecule is CNc1ccc(S(=O)(=O)N[C@H](C)COC)cc1C(=O)O. The van der Waals surface area contributed by atoms with E-state index in [0.717, 1.165) is 6.07 Å². The van der Waals surface area contributed by atoms with Crippen LogP contribution in [-0.2, 0) is 14.8 Å². The van der Waals surface area contributed by atoms with E-state index in [1.807, 2.05) is 0 Å². The first-order chi connectivity index (χ1) is 9.31. The zero-order valence-electron chi connectivity index (χ0n) is 11.5. The summed E-state index contributed by atoms with van der Waals surface area (Å²) in [7, 11) is -0.752. The second-order valence-corrected chi connectivity index (χ2v) is 5.95. The van der Waals surface area contributed by atoms with Crippen LogP contribution in [0.3, 0.4) is 0 Å². The normalized spacial score (nSPS) is 12.9. The highest BCUT2D eigenvalue weighted by atomic mass is 32.2. The molecule has 0 amide bonds. The van der Waals surface area contributed by atoms with E-state index >= 15 is 0 Å². The van der Waals surface area contributed by atoms with Gasteiger partial charge < -0.3 is 15.2 Å². The van der Waals surface area contributed by atoms with E-state index < -0.39 is 22.0 Å². The molecular weight excluding hydrogens is 284 g/mol. The van der Waals surface area contributed by atoms with Crippen LogP contribution in [0.2, 0.25) is 0 Å². The van der Waals surface area contributed by atoms with Crippen LogP contribution in [0.15, 0.2) is 23.1 Å². The highest BCUT2D eigenvalue weighted by molar-refractivity contribution is 7.89. The lowest BCUT2D eigenvalue weighted by Gasteiger charge is -2.14. The molecule has 0 radical (unpaired) electrons. The number of anilines is 1. The van der Waals surface area contributed by atoms with Gasteiger partial charge in [-0.05, 0) is 25.1 Å². The Bertz CT molecular complexity index is 586. The van der Waals surface area contributed by atoms with Gasteiger partial charge in [0, 0.05) is 25.9 Å². The third-order valence-corrected chi connectivity index (χ3v) is 4.16. The summed E-state index contributed by atoms with van der Waals surface area (Å²) in [6.45, 7) is 1.88. The highest BCUT2D eigenvalue weighted by Gasteiger charge is 2.20. The van der Waals surface area contributed by atoms with Crippen molar-refractivity contribution in [3.05, 3.63) is 23.8 Å². The van der Waals surface area contributed by atoms with Crippen LogP contribution in [0.1, 0.15) is 17.3 Å². The van der Waals surface area contributed by atoms with Gasteiger partial charge in [0.1, 0.15) is 0 Å². The van der Waals surface area contributed by atoms with Gasteiger partial charge in [-0.25, -0.2) is 17.9 Å². The molecule has 0 saturated heterocycles. The topological polar surface area (TPSA) is 105 Å². The Morgan fingerprint density at radius 3 is 2.60 bits per heavy atom. The first-order valence-electron chi connectivity index (χ1n) is 5.88. The molecule has 0 spiro atoms. The van der Waals surface area contributed by atoms with Crippen LogP contribution in [0, 0.1) is 0 Å². The smallest absolute Gasteiger partial charge is 0.337 e. The number of aromatic carboxylic acids is 1. The van der Waals surface area contributed by atoms with Crippen LogP contribution in [-0.4, -0.2) is 46.3 Å². The maximum absolute atomic E-state index is 12.1. The zero-order chi connectivity index (χ0) is 15.3. The number of carboxylic acids is 1. The largest absolute Gasteiger partial charge is 0.478 e. The number of nitrogens with one attached hydrogen (secondary N) is 2. The second-order valence-electron chi connectivity index (χ2n) is 4.24. The Balaban J connectivity index is 3.13. The summed E-state index contributed by atoms with van der Waals surface area (Å²) in [6, 6.07) is 3.47. The van der Waals surface area contributed by atoms with Gasteiger partial charge in [-0.2, -0.15) is 0 Å². The minimum Gasteiger partial charge on any atom is -0.478 e. The molecule has 1 rings (SSSR count). The van der Waals surface area contributed by atoms with Crippen LogP contribution in [0.4, 0.5) is 5.69 Å². The molecular formula is C12H18N2O5S. The van der Waals surface area contributed by atoms with Gasteiger partial charge in [0.15, 0.2) is 0 Å². The zero-order valence-corrected chi connectivity index (χ0v) is 12.3. The number of hydrogen-bond donors (Lipinski definition) is 3. The fourth-order valence-electron chi connectivity index (χ4n) is 1.70. The van der Waals surface area contributed by atoms with E-state index in [2.05, 4.69) is 10.0 Å². The van der Waals surface area contributed by atoms with Gasteiger partial charge in [-0.15, -0.1) is 0 Å². The number of ether oxygens (including phenoxy) is 1. The van der Waals surface area contributed by atoms with Crippen molar-refractivity contribution in [1.82, 2.24) is 4.72 Å². The van der Waals surface area contributed by atoms with Crippen molar-refractivity contribution in [2.24, 2.45) is 0 Å². The summed E-state index contributed by atoms with van der Waals surface area (Å²) in [4.78, 5) is 11.0. The lowest BCUT2D eigenvalue weighted by atomic mass is 10.2. The molecule has 0 aliphatic carbocycles. The molecule has 0 aliphatic heterocycles. The van der Waals surface area contributed by atoms with Crippen molar-refractivity contribution in [2.75, 3.05) is 26.1 Å². The Hall–Kier alpha value is -1.64. The average Bonchev–Trinajstić information content (AvgIpc) is 2.37. The van der Waals surface area contributed by atoms with Gasteiger partial charge in [0.25, 0.3) is 0 Å². The van der Waals surface area contributed by atoms with Gasteiger partial charge >= 0.3 is 5.97 Å². The Morgan fingerprint density at radius 2 is 2.10 bits per heavy atom. The number of sulfonamides is 1. The predicted molar refractivity (Wildman–Crippen MR) is 74.6 cm³/mol. The molecule has 8 heteroatoms. The van der Waals surface area contributed by atoms with E-state index in [1.54, 1.807) is 14.0 Å². The van der Waals surface area contributed by atoms with Crippen LogP contribution in [0.25, 0.3) is 0 Å². The summed E-state index contributed by atoms with van der Waals surface area (Å²) in [5.41, 5.74) is 0.246. The molecule has 7 nitrogen and oxygen atoms in total. The molecule has 0 bridgehead atoms. The van der Waals surface area contributed by atoms with E-state index in [1.165, 1.54) is 19.2 Å². The molecule has 0 fully saturated rings. The third kappa shape index (κ3) is 3.92. The van der Waals surface area contributed by atoms with Crippen molar-refractivity contribution < 1.29 is 23.1 Å². The summed E-state index contributed by atoms with van der Waals surface area (Å²) in [5, 5.41) is 11.8. The van der Waals surface area contributed by atoms with Crippen molar-refractivity contribution in [2.45, 2.75) is 17.9 Å². The van der Waals surface area contributed by atoms with E-state index in [4.69, 9.17) is 9.84 Å². The van der Waals surface area contributed by atoms with Gasteiger partial charge in [-0.3, -0.25) is 0 Å². The molecule has 1 aromatic carbocycles. The van der Waals surface area contributed by atoms with Gasteiger partial charge in [0.2, 0.25) is 10.0 Å². The minimum absolute atomic E-state index is 0.100. The van der Waals surface area contributed by atoms with Gasteiger partial charge in [0.05, 0.1) is 17.1 Å². The maximum atomic E-state index is 12.1. The standard InChI is InChI=1S/C12H18N2O5S/c1-8(7-19-3)14-20(17,18)9-4-5-11(13-2)10(6-9)12(15)16/h4-6,8,13-14H,7H2,1-3H3,(H,15,16)/t8-/m1/s1. The Labute approximate surface area is 118 Å². The van der Waals surface area contributed by atoms with Crippen molar-refractivity contribution in [3.63, 3.8) is 0 Å². The third-order valence-electron chi connectivity index (χ3n) is 2.57. The minimum atomic E-state index is -3.78. The summed E-state index contributed by atoms with van der Waals surface area (Å²) in [5.74, 6) is -1.20. The van der Waals surface area contributed by atoms with E-state index in [0.29, 0.717) is 5.69 Å². The van der Waals surface area contributed by atoms with E-state index in [9.17, 15) is 13.2 Å². The molecule has 0 unspecified atom stereocenters. The number of carboxylic acid groups (broad SMARTS) is 1. The van der Waals surface area contributed by atoms with E-state index in [-0.39, 0.29) is 17.1 Å². The molecule has 0 aliphatic rings. The molecule has 20 heavy (non-hydrogen) atoms. The number of hydrogen-bond acceptors (Lipinski definition) is 5. The van der Waals surface area contributed by atoms with Gasteiger partial charge in [-0.1, -0.05) is 0 Å². The highest BCUT2D eigenvalue weighted by Crippen LogP contribution is 2.20. The molecule has 0 heterocycles. The lowest BCUT2D eigenvalue weighted by molar-refractivity contribution is 0.0697. The first-order valence-corrected chi connectivity index (χ1v) is 7.36. The summed E-state index contributed by atoms with van der Waals surface area (Å²) < 4.78 is 31.5. The Morgan fingerprint density at radius 1 is 1.45 bits per heavy atom. The number of benzene rings is 1. The van der Waals surface area contributed by atoms with Crippen molar-refractivity contribution >= 4 is 21.7 Å². The van der Waals surface area contributed by atoms with Crippen LogP contribution in [0.5, 0.6) is 0 Å². The van der Waals surface area contributed by atoms with Crippen molar-refractivity contribution in [3.8, 4) is 0 Å². The fraction of sp³-hybridized carbons (Fsp3) is 0.417. The number of methoxy groups -OCH3 is 1. The monoisotopic (exact) mass is 302 g/mol. The van der Waals surface area contributed by atoms with Crippen molar-refractivity contribution in [1.29, 1.82) is 0 Å². The van der Waals surface area contributed by atoms with Crippen LogP contribution < -0.4 is 10.0 Å². The predicted octanol–water partition coefficient (Wildman–Crippen LogP) is 0.740.